The monoisotopic (exact) mass is 898 g/mol. The van der Waals surface area contributed by atoms with Crippen LogP contribution in [0.15, 0.2) is 243 Å². The van der Waals surface area contributed by atoms with E-state index in [1.54, 1.807) is 0 Å². The summed E-state index contributed by atoms with van der Waals surface area (Å²) in [7, 11) is 0. The molecule has 0 aliphatic heterocycles. The van der Waals surface area contributed by atoms with Gasteiger partial charge in [0, 0.05) is 47.3 Å². The van der Waals surface area contributed by atoms with E-state index >= 15 is 0 Å². The molecule has 0 saturated heterocycles. The predicted octanol–water partition coefficient (Wildman–Crippen LogP) is 10.7. The summed E-state index contributed by atoms with van der Waals surface area (Å²) in [5, 5.41) is 27.9. The van der Waals surface area contributed by atoms with Crippen LogP contribution in [0.1, 0.15) is 44.5 Å². The summed E-state index contributed by atoms with van der Waals surface area (Å²) in [6, 6.07) is 80.9. The van der Waals surface area contributed by atoms with Crippen molar-refractivity contribution in [3.8, 4) is 0 Å². The van der Waals surface area contributed by atoms with E-state index in [4.69, 9.17) is 4.65 Å². The molecule has 302 valence electrons. The van der Waals surface area contributed by atoms with Gasteiger partial charge in [0.05, 0.1) is 0 Å². The van der Waals surface area contributed by atoms with E-state index in [9.17, 15) is 10.2 Å². The Morgan fingerprint density at radius 3 is 0.444 bits per heavy atom. The summed E-state index contributed by atoms with van der Waals surface area (Å²) in [5.74, 6) is 7.04. The number of benzene rings is 8. The van der Waals surface area contributed by atoms with E-state index in [1.165, 1.54) is 0 Å². The number of hydrogen-bond acceptors (Lipinski definition) is 2. The third-order valence-electron chi connectivity index (χ3n) is 10.9. The first-order valence-corrected chi connectivity index (χ1v) is 20.4. The van der Waals surface area contributed by atoms with Crippen LogP contribution >= 0.6 is 0 Å². The molecule has 0 bridgehead atoms. The molecule has 2 aliphatic carbocycles. The van der Waals surface area contributed by atoms with Crippen LogP contribution in [0.25, 0.3) is 0 Å². The average molecular weight is 898 g/mol. The van der Waals surface area contributed by atoms with E-state index < -0.39 is 0 Å². The molecule has 0 heterocycles. The van der Waals surface area contributed by atoms with Gasteiger partial charge in [0.25, 0.3) is 0 Å². The van der Waals surface area contributed by atoms with E-state index in [2.05, 4.69) is 55.2 Å². The first-order valence-electron chi connectivity index (χ1n) is 20.4. The summed E-state index contributed by atoms with van der Waals surface area (Å²) in [6.45, 7) is 4.50. The molecule has 2 saturated carbocycles. The molecule has 10 radical (unpaired) electrons. The third-order valence-corrected chi connectivity index (χ3v) is 10.9. The Morgan fingerprint density at radius 1 is 0.206 bits per heavy atom. The van der Waals surface area contributed by atoms with Gasteiger partial charge in [0.15, 0.2) is 0 Å². The minimum Gasteiger partial charge on any atom is -0.849 e. The summed E-state index contributed by atoms with van der Waals surface area (Å²) < 4.78 is 7.50. The van der Waals surface area contributed by atoms with Crippen LogP contribution in [0.5, 0.6) is 0 Å². The van der Waals surface area contributed by atoms with Crippen molar-refractivity contribution in [2.24, 2.45) is 0 Å². The first-order chi connectivity index (χ1) is 30.7. The zero-order valence-corrected chi connectivity index (χ0v) is 35.9. The van der Waals surface area contributed by atoms with Gasteiger partial charge in [-0.05, 0) is 44.5 Å². The van der Waals surface area contributed by atoms with Gasteiger partial charge >= 0.3 is 30.8 Å². The van der Waals surface area contributed by atoms with Gasteiger partial charge in [-0.2, -0.15) is 0 Å². The molecule has 0 aromatic heterocycles. The van der Waals surface area contributed by atoms with E-state index in [0.29, 0.717) is 0 Å². The molecule has 2 fully saturated rings. The van der Waals surface area contributed by atoms with Crippen molar-refractivity contribution in [3.63, 3.8) is 0 Å². The normalized spacial score (nSPS) is 16.1. The smallest absolute Gasteiger partial charge is 0.849 e. The van der Waals surface area contributed by atoms with Crippen LogP contribution < -0.4 is 10.2 Å². The zero-order chi connectivity index (χ0) is 42.7. The predicted molar refractivity (Wildman–Crippen MR) is 241 cm³/mol. The van der Waals surface area contributed by atoms with Crippen LogP contribution in [0, 0.1) is 66.2 Å². The maximum absolute atomic E-state index is 14.0. The van der Waals surface area contributed by atoms with Gasteiger partial charge in [-0.15, -0.1) is 0 Å². The van der Waals surface area contributed by atoms with Crippen LogP contribution in [-0.2, 0) is 24.1 Å². The van der Waals surface area contributed by atoms with Crippen molar-refractivity contribution >= 4 is 0 Å². The second-order valence-corrected chi connectivity index (χ2v) is 14.6. The van der Waals surface area contributed by atoms with Crippen molar-refractivity contribution in [2.45, 2.75) is 0 Å². The van der Waals surface area contributed by atoms with E-state index in [0.717, 1.165) is 91.9 Å². The van der Waals surface area contributed by atoms with Gasteiger partial charge in [0.2, 0.25) is 0 Å². The summed E-state index contributed by atoms with van der Waals surface area (Å²) in [6.07, 6.45) is 0.148. The van der Waals surface area contributed by atoms with Crippen molar-refractivity contribution in [1.82, 2.24) is 0 Å². The largest absolute Gasteiger partial charge is 2.00 e. The minimum atomic E-state index is 0. The Hall–Kier alpha value is -5.96. The van der Waals surface area contributed by atoms with Crippen molar-refractivity contribution < 1.29 is 34.3 Å². The molecule has 0 atom stereocenters. The zero-order valence-electron chi connectivity index (χ0n) is 34.2. The number of rotatable bonds is 8. The second-order valence-electron chi connectivity index (χ2n) is 14.6. The standard InChI is InChI=1S/2C29H20O.CO.Ru/c2*30-29-27(23-17-9-3-10-18-23)25(21-13-5-1-6-14-21)26(22-15-7-2-8-16-22)28(29)24-19-11-4-12-20-24;1-2;/h2*1-20H;;/q2*-1;;+2. The fourth-order valence-corrected chi connectivity index (χ4v) is 8.30. The number of hydrogen-bond donors (Lipinski definition) is 0. The maximum Gasteiger partial charge on any atom is 2.00 e. The molecule has 0 spiro atoms. The van der Waals surface area contributed by atoms with E-state index in [-0.39, 0.29) is 31.7 Å². The summed E-state index contributed by atoms with van der Waals surface area (Å²) in [5.41, 5.74) is 7.98. The molecule has 8 aromatic carbocycles. The Kier molecular flexibility index (Phi) is 15.7. The molecule has 4 heteroatoms. The molecule has 3 nitrogen and oxygen atoms in total. The van der Waals surface area contributed by atoms with Gasteiger partial charge in [-0.3, -0.25) is 0 Å². The summed E-state index contributed by atoms with van der Waals surface area (Å²) >= 11 is 0. The fraction of sp³-hybridized carbons (Fsp3) is 0. The van der Waals surface area contributed by atoms with Crippen LogP contribution in [0.2, 0.25) is 0 Å². The van der Waals surface area contributed by atoms with Crippen molar-refractivity contribution in [1.29, 1.82) is 0 Å². The fourth-order valence-electron chi connectivity index (χ4n) is 8.30. The molecule has 2 aliphatic rings. The average Bonchev–Trinajstić information content (AvgIpc) is 3.85. The van der Waals surface area contributed by atoms with Gasteiger partial charge < -0.3 is 10.2 Å². The molecule has 8 aromatic rings. The topological polar surface area (TPSA) is 66.0 Å². The Morgan fingerprint density at radius 2 is 0.317 bits per heavy atom. The Bertz CT molecular complexity index is 2180. The van der Waals surface area contributed by atoms with Crippen LogP contribution in [-0.4, -0.2) is 0 Å². The molecular weight excluding hydrogens is 858 g/mol. The van der Waals surface area contributed by atoms with Gasteiger partial charge in [0.1, 0.15) is 0 Å². The summed E-state index contributed by atoms with van der Waals surface area (Å²) in [4.78, 5) is 0. The third kappa shape index (κ3) is 9.68. The van der Waals surface area contributed by atoms with E-state index in [1.807, 2.05) is 194 Å². The molecular formula is C59H40O3Ru. The van der Waals surface area contributed by atoms with Crippen LogP contribution in [0.4, 0.5) is 0 Å². The van der Waals surface area contributed by atoms with Crippen molar-refractivity contribution in [3.05, 3.63) is 353 Å². The first kappa shape index (κ1) is 45.1. The molecule has 0 amide bonds. The minimum absolute atomic E-state index is 0. The Labute approximate surface area is 385 Å². The van der Waals surface area contributed by atoms with Gasteiger partial charge in [-0.1, -0.05) is 255 Å². The second kappa shape index (κ2) is 21.9. The Balaban J connectivity index is 0.000000179. The van der Waals surface area contributed by atoms with Crippen molar-refractivity contribution in [2.75, 3.05) is 0 Å². The maximum atomic E-state index is 14.0. The van der Waals surface area contributed by atoms with Crippen LogP contribution in [0.3, 0.4) is 0 Å². The quantitative estimate of drug-likeness (QED) is 0.0866. The molecule has 10 rings (SSSR count). The SMILES string of the molecule is [C-]#[O+].[O-][C]1[C](c2ccccc2)[C](c2ccccc2)[C](c2ccccc2)[C]1c1ccccc1.[O-][C]1[C](c2ccccc2)[C](c2ccccc2)[C](c2ccccc2)[C]1c1ccccc1.[Ru+2]. The molecule has 63 heavy (non-hydrogen) atoms. The van der Waals surface area contributed by atoms with Gasteiger partial charge in [-0.25, -0.2) is 0 Å². The molecule has 0 N–H and O–H groups in total. The molecule has 0 unspecified atom stereocenters.